The van der Waals surface area contributed by atoms with E-state index in [-0.39, 0.29) is 30.1 Å². The second-order valence-electron chi connectivity index (χ2n) is 9.50. The molecule has 41 heavy (non-hydrogen) atoms. The third-order valence-corrected chi connectivity index (χ3v) is 6.55. The summed E-state index contributed by atoms with van der Waals surface area (Å²) >= 11 is 0. The molecule has 0 spiro atoms. The Kier molecular flexibility index (Phi) is 7.96. The van der Waals surface area contributed by atoms with Crippen LogP contribution in [0.5, 0.6) is 0 Å². The van der Waals surface area contributed by atoms with E-state index in [1.165, 1.54) is 18.2 Å². The number of hydrogen-bond acceptors (Lipinski definition) is 4. The molecule has 0 saturated heterocycles. The lowest BCUT2D eigenvalue weighted by Gasteiger charge is -2.22. The molecule has 0 aliphatic carbocycles. The number of benzene rings is 3. The monoisotopic (exact) mass is 553 g/mol. The number of aromatic nitrogens is 3. The average molecular weight is 554 g/mol. The topological polar surface area (TPSA) is 85.8 Å². The van der Waals surface area contributed by atoms with Crippen LogP contribution in [-0.2, 0) is 17.8 Å². The molecule has 3 N–H and O–H groups in total. The molecule has 0 aliphatic rings. The van der Waals surface area contributed by atoms with E-state index in [4.69, 9.17) is 5.73 Å². The van der Waals surface area contributed by atoms with Gasteiger partial charge in [0.1, 0.15) is 29.8 Å². The lowest BCUT2D eigenvalue weighted by molar-refractivity contribution is -0.122. The fourth-order valence-electron chi connectivity index (χ4n) is 4.74. The van der Waals surface area contributed by atoms with Crippen molar-refractivity contribution < 1.29 is 18.0 Å². The van der Waals surface area contributed by atoms with Gasteiger partial charge in [-0.1, -0.05) is 49.0 Å². The van der Waals surface area contributed by atoms with Crippen LogP contribution in [0.2, 0.25) is 0 Å². The van der Waals surface area contributed by atoms with Gasteiger partial charge >= 0.3 is 0 Å². The minimum atomic E-state index is -0.793. The second-order valence-corrected chi connectivity index (χ2v) is 9.50. The summed E-state index contributed by atoms with van der Waals surface area (Å²) in [6.07, 6.45) is 4.90. The molecule has 0 aliphatic heterocycles. The molecule has 9 heteroatoms. The summed E-state index contributed by atoms with van der Waals surface area (Å²) in [6, 6.07) is 19.7. The summed E-state index contributed by atoms with van der Waals surface area (Å²) in [5.41, 5.74) is 8.76. The summed E-state index contributed by atoms with van der Waals surface area (Å²) in [7, 11) is 0. The maximum absolute atomic E-state index is 14.4. The Bertz CT molecular complexity index is 1700. The number of nitrogens with two attached hydrogens (primary N) is 1. The molecule has 6 nitrogen and oxygen atoms in total. The average Bonchev–Trinajstić information content (AvgIpc) is 3.40. The molecule has 0 saturated carbocycles. The Morgan fingerprint density at radius 1 is 0.902 bits per heavy atom. The van der Waals surface area contributed by atoms with E-state index in [0.717, 1.165) is 11.6 Å². The molecule has 206 valence electrons. The van der Waals surface area contributed by atoms with Gasteiger partial charge in [0.05, 0.1) is 11.7 Å². The molecule has 2 aromatic heterocycles. The third kappa shape index (κ3) is 6.36. The van der Waals surface area contributed by atoms with Crippen LogP contribution >= 0.6 is 0 Å². The molecule has 1 amide bonds. The van der Waals surface area contributed by atoms with Crippen molar-refractivity contribution >= 4 is 11.6 Å². The first-order chi connectivity index (χ1) is 19.8. The quantitative estimate of drug-likeness (QED) is 0.232. The molecule has 3 aromatic carbocycles. The number of pyridine rings is 1. The Hall–Kier alpha value is -5.18. The van der Waals surface area contributed by atoms with E-state index < -0.39 is 23.5 Å². The van der Waals surface area contributed by atoms with Crippen LogP contribution in [0.1, 0.15) is 22.9 Å². The molecular weight excluding hydrogens is 527 g/mol. The van der Waals surface area contributed by atoms with Gasteiger partial charge in [-0.2, -0.15) is 0 Å². The Labute approximate surface area is 235 Å². The van der Waals surface area contributed by atoms with Crippen LogP contribution in [0, 0.1) is 17.5 Å². The maximum Gasteiger partial charge on any atom is 0.240 e. The van der Waals surface area contributed by atoms with Gasteiger partial charge in [0, 0.05) is 47.0 Å². The Balaban J connectivity index is 1.51. The van der Waals surface area contributed by atoms with E-state index in [1.807, 2.05) is 30.3 Å². The van der Waals surface area contributed by atoms with Crippen molar-refractivity contribution in [3.63, 3.8) is 0 Å². The number of rotatable bonds is 9. The first-order valence-electron chi connectivity index (χ1n) is 12.8. The number of halogens is 3. The fourth-order valence-corrected chi connectivity index (χ4v) is 4.74. The van der Waals surface area contributed by atoms with E-state index >= 15 is 0 Å². The highest BCUT2D eigenvalue weighted by Gasteiger charge is 2.23. The number of imidazole rings is 1. The first kappa shape index (κ1) is 27.4. The summed E-state index contributed by atoms with van der Waals surface area (Å²) < 4.78 is 44.3. The normalized spacial score (nSPS) is 11.7. The van der Waals surface area contributed by atoms with Crippen LogP contribution < -0.4 is 11.1 Å². The molecule has 0 bridgehead atoms. The highest BCUT2D eigenvalue weighted by Crippen LogP contribution is 2.31. The van der Waals surface area contributed by atoms with Gasteiger partial charge < -0.3 is 15.6 Å². The zero-order chi connectivity index (χ0) is 28.9. The Morgan fingerprint density at radius 3 is 2.39 bits per heavy atom. The molecule has 5 rings (SSSR count). The minimum absolute atomic E-state index is 0.0392. The molecule has 5 aromatic rings. The predicted octanol–water partition coefficient (Wildman–Crippen LogP) is 6.06. The van der Waals surface area contributed by atoms with Crippen molar-refractivity contribution in [1.29, 1.82) is 0 Å². The summed E-state index contributed by atoms with van der Waals surface area (Å²) in [5, 5.41) is 2.99. The SMILES string of the molecule is C=C(N)c1cc(-c2cccnc2[C@H](Cc2cc(F)cc(F)c2)NC(=O)Cn2ccnc2-c2ccccc2)ccc1F. The predicted molar refractivity (Wildman–Crippen MR) is 151 cm³/mol. The lowest BCUT2D eigenvalue weighted by atomic mass is 9.94. The molecule has 1 atom stereocenters. The zero-order valence-electron chi connectivity index (χ0n) is 21.9. The molecule has 0 unspecified atom stereocenters. The molecular formula is C32H26F3N5O. The first-order valence-corrected chi connectivity index (χ1v) is 12.8. The second kappa shape index (κ2) is 11.9. The van der Waals surface area contributed by atoms with Crippen molar-refractivity contribution in [1.82, 2.24) is 19.9 Å². The number of nitrogens with one attached hydrogen (secondary N) is 1. The van der Waals surface area contributed by atoms with E-state index in [1.54, 1.807) is 47.4 Å². The summed E-state index contributed by atoms with van der Waals surface area (Å²) in [5.74, 6) is -1.75. The number of nitrogens with zero attached hydrogens (tertiary/aromatic N) is 3. The van der Waals surface area contributed by atoms with Crippen LogP contribution in [0.25, 0.3) is 28.2 Å². The fraction of sp³-hybridized carbons (Fsp3) is 0.0938. The molecule has 0 radical (unpaired) electrons. The van der Waals surface area contributed by atoms with Crippen molar-refractivity contribution in [2.24, 2.45) is 5.73 Å². The van der Waals surface area contributed by atoms with Crippen molar-refractivity contribution in [2.45, 2.75) is 19.0 Å². The van der Waals surface area contributed by atoms with Gasteiger partial charge in [-0.05, 0) is 47.9 Å². The van der Waals surface area contributed by atoms with Gasteiger partial charge in [-0.15, -0.1) is 0 Å². The number of carbonyl (C=O) groups is 1. The largest absolute Gasteiger partial charge is 0.399 e. The van der Waals surface area contributed by atoms with Crippen molar-refractivity contribution in [3.05, 3.63) is 138 Å². The summed E-state index contributed by atoms with van der Waals surface area (Å²) in [4.78, 5) is 22.4. The van der Waals surface area contributed by atoms with Gasteiger partial charge in [0.15, 0.2) is 0 Å². The van der Waals surface area contributed by atoms with Gasteiger partial charge in [0.2, 0.25) is 5.91 Å². The van der Waals surface area contributed by atoms with E-state index in [0.29, 0.717) is 28.2 Å². The number of amides is 1. The highest BCUT2D eigenvalue weighted by atomic mass is 19.1. The highest BCUT2D eigenvalue weighted by molar-refractivity contribution is 5.78. The zero-order valence-corrected chi connectivity index (χ0v) is 21.9. The van der Waals surface area contributed by atoms with E-state index in [9.17, 15) is 18.0 Å². The smallest absolute Gasteiger partial charge is 0.240 e. The Morgan fingerprint density at radius 2 is 1.66 bits per heavy atom. The maximum atomic E-state index is 14.4. The lowest BCUT2D eigenvalue weighted by Crippen LogP contribution is -2.33. The number of carbonyl (C=O) groups excluding carboxylic acids is 1. The van der Waals surface area contributed by atoms with Crippen LogP contribution in [0.4, 0.5) is 13.2 Å². The molecule has 0 fully saturated rings. The molecule has 2 heterocycles. The van der Waals surface area contributed by atoms with Gasteiger partial charge in [-0.25, -0.2) is 18.2 Å². The van der Waals surface area contributed by atoms with Crippen LogP contribution in [-0.4, -0.2) is 20.4 Å². The van der Waals surface area contributed by atoms with Gasteiger partial charge in [0.25, 0.3) is 0 Å². The van der Waals surface area contributed by atoms with Gasteiger partial charge in [-0.3, -0.25) is 9.78 Å². The summed E-state index contributed by atoms with van der Waals surface area (Å²) in [6.45, 7) is 3.58. The third-order valence-electron chi connectivity index (χ3n) is 6.55. The van der Waals surface area contributed by atoms with E-state index in [2.05, 4.69) is 21.9 Å². The van der Waals surface area contributed by atoms with Crippen molar-refractivity contribution in [3.8, 4) is 22.5 Å². The van der Waals surface area contributed by atoms with Crippen LogP contribution in [0.15, 0.2) is 104 Å². The number of hydrogen-bond donors (Lipinski definition) is 2. The van der Waals surface area contributed by atoms with Crippen LogP contribution in [0.3, 0.4) is 0 Å². The minimum Gasteiger partial charge on any atom is -0.399 e. The van der Waals surface area contributed by atoms with Crippen molar-refractivity contribution in [2.75, 3.05) is 0 Å². The standard InChI is InChI=1S/C32H26F3N5O/c1-20(36)27-17-23(9-10-28(27)35)26-8-5-11-37-31(26)29(16-21-14-24(33)18-25(34)15-21)39-30(41)19-40-13-12-38-32(40)22-6-3-2-4-7-22/h2-15,17-18,29H,1,16,19,36H2,(H,39,41)/t29-/m0/s1.